The van der Waals surface area contributed by atoms with E-state index in [2.05, 4.69) is 5.10 Å². The minimum absolute atomic E-state index is 0.305. The molecule has 10 heteroatoms. The molecule has 32 heavy (non-hydrogen) atoms. The van der Waals surface area contributed by atoms with Crippen molar-refractivity contribution in [1.82, 2.24) is 19.6 Å². The van der Waals surface area contributed by atoms with Crippen LogP contribution in [0.25, 0.3) is 0 Å². The zero-order valence-electron chi connectivity index (χ0n) is 18.5. The van der Waals surface area contributed by atoms with Crippen LogP contribution in [-0.2, 0) is 20.8 Å². The molecule has 1 aromatic heterocycles. The molecule has 2 aromatic rings. The zero-order chi connectivity index (χ0) is 23.3. The number of esters is 1. The molecule has 1 aromatic carbocycles. The van der Waals surface area contributed by atoms with Crippen molar-refractivity contribution in [2.24, 2.45) is 0 Å². The van der Waals surface area contributed by atoms with Gasteiger partial charge in [0.25, 0.3) is 5.91 Å². The van der Waals surface area contributed by atoms with Crippen molar-refractivity contribution in [3.63, 3.8) is 0 Å². The van der Waals surface area contributed by atoms with Gasteiger partial charge in [0, 0.05) is 31.2 Å². The van der Waals surface area contributed by atoms with Crippen LogP contribution in [0.3, 0.4) is 0 Å². The van der Waals surface area contributed by atoms with Gasteiger partial charge in [0.1, 0.15) is 5.56 Å². The Morgan fingerprint density at radius 1 is 1.03 bits per heavy atom. The molecule has 0 N–H and O–H groups in total. The molecule has 0 unspecified atom stereocenters. The first-order valence-electron chi connectivity index (χ1n) is 10.5. The van der Waals surface area contributed by atoms with Gasteiger partial charge >= 0.3 is 12.1 Å². The Bertz CT molecular complexity index is 998. The minimum Gasteiger partial charge on any atom is -0.452 e. The van der Waals surface area contributed by atoms with Gasteiger partial charge in [0.2, 0.25) is 0 Å². The highest BCUT2D eigenvalue weighted by atomic mass is 35.5. The molecular weight excluding hydrogens is 436 g/mol. The Labute approximate surface area is 191 Å². The number of hydrogen-bond acceptors (Lipinski definition) is 6. The summed E-state index contributed by atoms with van der Waals surface area (Å²) in [6.45, 7) is 7.10. The fourth-order valence-electron chi connectivity index (χ4n) is 3.58. The third-order valence-electron chi connectivity index (χ3n) is 5.35. The van der Waals surface area contributed by atoms with E-state index in [4.69, 9.17) is 21.1 Å². The van der Waals surface area contributed by atoms with Crippen molar-refractivity contribution in [3.05, 3.63) is 51.8 Å². The molecule has 1 saturated heterocycles. The molecule has 0 atom stereocenters. The molecule has 0 radical (unpaired) electrons. The lowest BCUT2D eigenvalue weighted by Crippen LogP contribution is -2.51. The maximum absolute atomic E-state index is 12.7. The molecule has 2 heterocycles. The summed E-state index contributed by atoms with van der Waals surface area (Å²) in [6, 6.07) is 7.44. The summed E-state index contributed by atoms with van der Waals surface area (Å²) in [4.78, 5) is 40.0. The van der Waals surface area contributed by atoms with Crippen LogP contribution in [0, 0.1) is 13.8 Å². The van der Waals surface area contributed by atoms with Gasteiger partial charge < -0.3 is 19.3 Å². The number of nitrogens with zero attached hydrogens (tertiary/aromatic N) is 4. The van der Waals surface area contributed by atoms with Gasteiger partial charge in [0.05, 0.1) is 24.5 Å². The van der Waals surface area contributed by atoms with Crippen molar-refractivity contribution in [2.45, 2.75) is 27.3 Å². The summed E-state index contributed by atoms with van der Waals surface area (Å²) in [5.74, 6) is -0.899. The Balaban J connectivity index is 1.56. The highest BCUT2D eigenvalue weighted by Crippen LogP contribution is 2.20. The maximum Gasteiger partial charge on any atom is 0.409 e. The molecule has 0 aliphatic carbocycles. The van der Waals surface area contributed by atoms with Gasteiger partial charge in [-0.3, -0.25) is 9.48 Å². The van der Waals surface area contributed by atoms with Crippen molar-refractivity contribution >= 4 is 29.6 Å². The highest BCUT2D eigenvalue weighted by molar-refractivity contribution is 6.31. The first-order chi connectivity index (χ1) is 15.3. The lowest BCUT2D eigenvalue weighted by molar-refractivity contribution is -0.136. The van der Waals surface area contributed by atoms with Crippen LogP contribution in [0.5, 0.6) is 0 Å². The van der Waals surface area contributed by atoms with Crippen LogP contribution in [0.15, 0.2) is 24.3 Å². The van der Waals surface area contributed by atoms with Gasteiger partial charge in [0.15, 0.2) is 6.61 Å². The standard InChI is InChI=1S/C22H27ClN4O5/c1-4-31-22(30)26-11-9-25(10-12-26)19(28)14-32-21(29)20-15(2)24-27(16(20)3)13-17-7-5-6-8-18(17)23/h5-8H,4,9-14H2,1-3H3. The number of hydrogen-bond donors (Lipinski definition) is 0. The number of piperazine rings is 1. The smallest absolute Gasteiger partial charge is 0.409 e. The topological polar surface area (TPSA) is 94.0 Å². The van der Waals surface area contributed by atoms with Crippen LogP contribution in [0.4, 0.5) is 4.79 Å². The number of aryl methyl sites for hydroxylation is 1. The molecule has 0 bridgehead atoms. The molecule has 0 saturated carbocycles. The Hall–Kier alpha value is -3.07. The molecule has 2 amide bonds. The summed E-state index contributed by atoms with van der Waals surface area (Å²) < 4.78 is 12.0. The Kier molecular flexibility index (Phi) is 7.74. The highest BCUT2D eigenvalue weighted by Gasteiger charge is 2.26. The van der Waals surface area contributed by atoms with Crippen molar-refractivity contribution in [3.8, 4) is 0 Å². The van der Waals surface area contributed by atoms with Gasteiger partial charge in [-0.25, -0.2) is 9.59 Å². The molecule has 3 rings (SSSR count). The van der Waals surface area contributed by atoms with Crippen molar-refractivity contribution in [2.75, 3.05) is 39.4 Å². The average molecular weight is 463 g/mol. The van der Waals surface area contributed by atoms with Crippen molar-refractivity contribution < 1.29 is 23.9 Å². The fourth-order valence-corrected chi connectivity index (χ4v) is 3.77. The number of carbonyl (C=O) groups is 3. The van der Waals surface area contributed by atoms with Crippen molar-refractivity contribution in [1.29, 1.82) is 0 Å². The van der Waals surface area contributed by atoms with E-state index in [1.165, 1.54) is 0 Å². The van der Waals surface area contributed by atoms with E-state index in [0.717, 1.165) is 5.56 Å². The lowest BCUT2D eigenvalue weighted by Gasteiger charge is -2.33. The normalized spacial score (nSPS) is 13.8. The number of carbonyl (C=O) groups excluding carboxylic acids is 3. The third kappa shape index (κ3) is 5.40. The summed E-state index contributed by atoms with van der Waals surface area (Å²) in [5.41, 5.74) is 2.40. The zero-order valence-corrected chi connectivity index (χ0v) is 19.2. The molecular formula is C22H27ClN4O5. The number of ether oxygens (including phenoxy) is 2. The summed E-state index contributed by atoms with van der Waals surface area (Å²) in [5, 5.41) is 5.06. The van der Waals surface area contributed by atoms with Gasteiger partial charge in [-0.2, -0.15) is 5.10 Å². The van der Waals surface area contributed by atoms with E-state index in [1.807, 2.05) is 18.2 Å². The molecule has 1 fully saturated rings. The van der Waals surface area contributed by atoms with E-state index in [1.54, 1.807) is 41.3 Å². The van der Waals surface area contributed by atoms with Crippen LogP contribution < -0.4 is 0 Å². The average Bonchev–Trinajstić information content (AvgIpc) is 3.06. The van der Waals surface area contributed by atoms with E-state index in [-0.39, 0.29) is 18.6 Å². The molecule has 1 aliphatic heterocycles. The van der Waals surface area contributed by atoms with E-state index in [9.17, 15) is 14.4 Å². The number of amides is 2. The largest absolute Gasteiger partial charge is 0.452 e. The maximum atomic E-state index is 12.7. The van der Waals surface area contributed by atoms with Crippen LogP contribution in [0.2, 0.25) is 5.02 Å². The molecule has 9 nitrogen and oxygen atoms in total. The van der Waals surface area contributed by atoms with Gasteiger partial charge in [-0.05, 0) is 32.4 Å². The number of aromatic nitrogens is 2. The summed E-state index contributed by atoms with van der Waals surface area (Å²) >= 11 is 6.23. The lowest BCUT2D eigenvalue weighted by atomic mass is 10.2. The minimum atomic E-state index is -0.594. The monoisotopic (exact) mass is 462 g/mol. The first kappa shape index (κ1) is 23.6. The SMILES string of the molecule is CCOC(=O)N1CCN(C(=O)COC(=O)c2c(C)nn(Cc3ccccc3Cl)c2C)CC1. The van der Waals surface area contributed by atoms with E-state index in [0.29, 0.717) is 61.3 Å². The summed E-state index contributed by atoms with van der Waals surface area (Å²) in [6.07, 6.45) is -0.384. The Morgan fingerprint density at radius 2 is 1.69 bits per heavy atom. The van der Waals surface area contributed by atoms with E-state index < -0.39 is 5.97 Å². The van der Waals surface area contributed by atoms with Crippen LogP contribution >= 0.6 is 11.6 Å². The summed E-state index contributed by atoms with van der Waals surface area (Å²) in [7, 11) is 0. The van der Waals surface area contributed by atoms with Crippen LogP contribution in [0.1, 0.15) is 34.2 Å². The molecule has 1 aliphatic rings. The molecule has 0 spiro atoms. The van der Waals surface area contributed by atoms with E-state index >= 15 is 0 Å². The third-order valence-corrected chi connectivity index (χ3v) is 5.72. The van der Waals surface area contributed by atoms with Crippen LogP contribution in [-0.4, -0.2) is 76.9 Å². The number of benzene rings is 1. The second-order valence-corrected chi connectivity index (χ2v) is 7.84. The first-order valence-corrected chi connectivity index (χ1v) is 10.8. The number of halogens is 1. The van der Waals surface area contributed by atoms with Gasteiger partial charge in [-0.15, -0.1) is 0 Å². The predicted molar refractivity (Wildman–Crippen MR) is 118 cm³/mol. The quantitative estimate of drug-likeness (QED) is 0.612. The number of rotatable bonds is 6. The second kappa shape index (κ2) is 10.5. The second-order valence-electron chi connectivity index (χ2n) is 7.44. The molecule has 172 valence electrons. The van der Waals surface area contributed by atoms with Gasteiger partial charge in [-0.1, -0.05) is 29.8 Å². The Morgan fingerprint density at radius 3 is 2.34 bits per heavy atom. The fraction of sp³-hybridized carbons (Fsp3) is 0.455. The predicted octanol–water partition coefficient (Wildman–Crippen LogP) is 2.66.